The topological polar surface area (TPSA) is 93.8 Å². The molecule has 1 atom stereocenters. The van der Waals surface area contributed by atoms with Crippen LogP contribution in [-0.4, -0.2) is 26.0 Å². The van der Waals surface area contributed by atoms with E-state index in [1.807, 2.05) is 51.1 Å². The van der Waals surface area contributed by atoms with Gasteiger partial charge in [-0.15, -0.1) is 0 Å². The van der Waals surface area contributed by atoms with E-state index in [1.54, 1.807) is 6.20 Å². The highest BCUT2D eigenvalue weighted by molar-refractivity contribution is 5.92. The summed E-state index contributed by atoms with van der Waals surface area (Å²) in [5.74, 6) is 0.588. The molecule has 2 heterocycles. The van der Waals surface area contributed by atoms with Crippen LogP contribution in [0.5, 0.6) is 0 Å². The van der Waals surface area contributed by atoms with Gasteiger partial charge in [0, 0.05) is 11.8 Å². The van der Waals surface area contributed by atoms with Gasteiger partial charge < -0.3 is 9.84 Å². The average Bonchev–Trinajstić information content (AvgIpc) is 3.10. The molecule has 0 bridgehead atoms. The number of carbonyl (C=O) groups is 1. The van der Waals surface area contributed by atoms with Gasteiger partial charge in [-0.3, -0.25) is 9.78 Å². The van der Waals surface area contributed by atoms with Crippen LogP contribution in [0.3, 0.4) is 0 Å². The molecule has 2 aromatic heterocycles. The number of benzene rings is 1. The van der Waals surface area contributed by atoms with Gasteiger partial charge in [-0.2, -0.15) is 4.98 Å². The molecule has 0 aliphatic rings. The molecule has 1 N–H and O–H groups in total. The Kier molecular flexibility index (Phi) is 4.83. The number of nitrogens with zero attached hydrogens (tertiary/aromatic N) is 4. The van der Waals surface area contributed by atoms with E-state index in [-0.39, 0.29) is 17.5 Å². The maximum absolute atomic E-state index is 12.4. The maximum atomic E-state index is 12.4. The van der Waals surface area contributed by atoms with Crippen molar-refractivity contribution >= 4 is 5.91 Å². The van der Waals surface area contributed by atoms with Crippen LogP contribution in [0.1, 0.15) is 42.0 Å². The van der Waals surface area contributed by atoms with Crippen molar-refractivity contribution in [1.29, 1.82) is 0 Å². The number of aromatic nitrogens is 4. The van der Waals surface area contributed by atoms with Gasteiger partial charge in [-0.25, -0.2) is 4.98 Å². The summed E-state index contributed by atoms with van der Waals surface area (Å²) in [6.07, 6.45) is 3.00. The normalized spacial score (nSPS) is 12.2. The van der Waals surface area contributed by atoms with Crippen molar-refractivity contribution in [2.75, 3.05) is 0 Å². The third-order valence-electron chi connectivity index (χ3n) is 3.71. The van der Waals surface area contributed by atoms with Gasteiger partial charge >= 0.3 is 0 Å². The van der Waals surface area contributed by atoms with Crippen molar-refractivity contribution < 1.29 is 9.32 Å². The number of amides is 1. The summed E-state index contributed by atoms with van der Waals surface area (Å²) >= 11 is 0. The largest absolute Gasteiger partial charge is 0.339 e. The van der Waals surface area contributed by atoms with Gasteiger partial charge in [0.15, 0.2) is 0 Å². The molecule has 1 amide bonds. The van der Waals surface area contributed by atoms with E-state index in [9.17, 15) is 4.79 Å². The first kappa shape index (κ1) is 16.8. The molecule has 7 nitrogen and oxygen atoms in total. The number of rotatable bonds is 5. The Bertz CT molecular complexity index is 843. The lowest BCUT2D eigenvalue weighted by molar-refractivity contribution is 0.0908. The van der Waals surface area contributed by atoms with Crippen molar-refractivity contribution in [3.05, 3.63) is 60.0 Å². The zero-order chi connectivity index (χ0) is 17.8. The first-order chi connectivity index (χ1) is 12.0. The van der Waals surface area contributed by atoms with Gasteiger partial charge in [0.2, 0.25) is 11.7 Å². The molecule has 0 fully saturated rings. The van der Waals surface area contributed by atoms with Crippen LogP contribution in [-0.2, 0) is 0 Å². The summed E-state index contributed by atoms with van der Waals surface area (Å²) in [6.45, 7) is 5.76. The van der Waals surface area contributed by atoms with Crippen LogP contribution in [0.2, 0.25) is 0 Å². The first-order valence-electron chi connectivity index (χ1n) is 8.03. The molecule has 25 heavy (non-hydrogen) atoms. The smallest absolute Gasteiger partial charge is 0.272 e. The van der Waals surface area contributed by atoms with Crippen LogP contribution >= 0.6 is 0 Å². The zero-order valence-electron chi connectivity index (χ0n) is 14.3. The fraction of sp³-hybridized carbons (Fsp3) is 0.278. The lowest BCUT2D eigenvalue weighted by atomic mass is 10.0. The van der Waals surface area contributed by atoms with E-state index in [0.717, 1.165) is 11.3 Å². The lowest BCUT2D eigenvalue weighted by Crippen LogP contribution is -2.32. The molecule has 7 heteroatoms. The predicted molar refractivity (Wildman–Crippen MR) is 91.5 cm³/mol. The summed E-state index contributed by atoms with van der Waals surface area (Å²) in [5, 5.41) is 6.91. The van der Waals surface area contributed by atoms with Crippen molar-refractivity contribution in [1.82, 2.24) is 25.4 Å². The molecule has 1 aromatic carbocycles. The molecule has 0 unspecified atom stereocenters. The Balaban J connectivity index is 1.81. The van der Waals surface area contributed by atoms with Crippen LogP contribution in [0.15, 0.2) is 47.2 Å². The first-order valence-corrected chi connectivity index (χ1v) is 8.03. The molecule has 3 rings (SSSR count). The van der Waals surface area contributed by atoms with Gasteiger partial charge in [0.05, 0.1) is 11.9 Å². The summed E-state index contributed by atoms with van der Waals surface area (Å²) in [5.41, 5.74) is 1.86. The SMILES string of the molecule is Cc1cnc(C(=O)N[C@@H](c2nc(-c3ccccc3)no2)C(C)C)cn1. The lowest BCUT2D eigenvalue weighted by Gasteiger charge is -2.18. The molecule has 0 aliphatic heterocycles. The Labute approximate surface area is 145 Å². The number of carbonyl (C=O) groups excluding carboxylic acids is 1. The quantitative estimate of drug-likeness (QED) is 0.769. The highest BCUT2D eigenvalue weighted by atomic mass is 16.5. The van der Waals surface area contributed by atoms with Gasteiger partial charge in [-0.1, -0.05) is 49.3 Å². The van der Waals surface area contributed by atoms with Gasteiger partial charge in [-0.05, 0) is 12.8 Å². The molecular weight excluding hydrogens is 318 g/mol. The molecule has 0 spiro atoms. The van der Waals surface area contributed by atoms with Crippen LogP contribution < -0.4 is 5.32 Å². The van der Waals surface area contributed by atoms with E-state index in [0.29, 0.717) is 11.7 Å². The van der Waals surface area contributed by atoms with Crippen LogP contribution in [0, 0.1) is 12.8 Å². The second kappa shape index (κ2) is 7.21. The van der Waals surface area contributed by atoms with Crippen molar-refractivity contribution in [2.45, 2.75) is 26.8 Å². The highest BCUT2D eigenvalue weighted by Crippen LogP contribution is 2.23. The fourth-order valence-corrected chi connectivity index (χ4v) is 2.30. The molecule has 0 saturated heterocycles. The van der Waals surface area contributed by atoms with Crippen molar-refractivity contribution in [3.8, 4) is 11.4 Å². The molecule has 0 radical (unpaired) electrons. The van der Waals surface area contributed by atoms with E-state index in [4.69, 9.17) is 4.52 Å². The second-order valence-electron chi connectivity index (χ2n) is 6.06. The second-order valence-corrected chi connectivity index (χ2v) is 6.06. The number of hydrogen-bond acceptors (Lipinski definition) is 6. The summed E-state index contributed by atoms with van der Waals surface area (Å²) in [7, 11) is 0. The summed E-state index contributed by atoms with van der Waals surface area (Å²) < 4.78 is 5.39. The van der Waals surface area contributed by atoms with Crippen LogP contribution in [0.25, 0.3) is 11.4 Å². The van der Waals surface area contributed by atoms with Crippen molar-refractivity contribution in [3.63, 3.8) is 0 Å². The maximum Gasteiger partial charge on any atom is 0.272 e. The standard InChI is InChI=1S/C18H19N5O2/c1-11(2)15(21-17(24)14-10-19-12(3)9-20-14)18-22-16(23-25-18)13-7-5-4-6-8-13/h4-11,15H,1-3H3,(H,21,24)/t15-/m1/s1. The fourth-order valence-electron chi connectivity index (χ4n) is 2.30. The van der Waals surface area contributed by atoms with E-state index in [2.05, 4.69) is 25.4 Å². The zero-order valence-corrected chi connectivity index (χ0v) is 14.3. The summed E-state index contributed by atoms with van der Waals surface area (Å²) in [6, 6.07) is 9.12. The van der Waals surface area contributed by atoms with Crippen molar-refractivity contribution in [2.24, 2.45) is 5.92 Å². The molecule has 0 saturated carbocycles. The molecular formula is C18H19N5O2. The Hall–Kier alpha value is -3.09. The number of aryl methyl sites for hydroxylation is 1. The van der Waals surface area contributed by atoms with Gasteiger partial charge in [0.25, 0.3) is 5.91 Å². The van der Waals surface area contributed by atoms with E-state index < -0.39 is 6.04 Å². The Morgan fingerprint density at radius 2 is 1.88 bits per heavy atom. The number of hydrogen-bond donors (Lipinski definition) is 1. The van der Waals surface area contributed by atoms with Gasteiger partial charge in [0.1, 0.15) is 11.7 Å². The Morgan fingerprint density at radius 1 is 1.12 bits per heavy atom. The van der Waals surface area contributed by atoms with E-state index in [1.165, 1.54) is 6.20 Å². The summed E-state index contributed by atoms with van der Waals surface area (Å²) in [4.78, 5) is 25.0. The third kappa shape index (κ3) is 3.88. The average molecular weight is 337 g/mol. The highest BCUT2D eigenvalue weighted by Gasteiger charge is 2.25. The van der Waals surface area contributed by atoms with Crippen LogP contribution in [0.4, 0.5) is 0 Å². The number of nitrogens with one attached hydrogen (secondary N) is 1. The molecule has 3 aromatic rings. The minimum Gasteiger partial charge on any atom is -0.339 e. The predicted octanol–water partition coefficient (Wildman–Crippen LogP) is 2.96. The minimum absolute atomic E-state index is 0.0615. The van der Waals surface area contributed by atoms with E-state index >= 15 is 0 Å². The molecule has 0 aliphatic carbocycles. The molecule has 128 valence electrons. The minimum atomic E-state index is -0.416. The Morgan fingerprint density at radius 3 is 2.52 bits per heavy atom. The third-order valence-corrected chi connectivity index (χ3v) is 3.71. The monoisotopic (exact) mass is 337 g/mol.